The zero-order valence-corrected chi connectivity index (χ0v) is 9.98. The Morgan fingerprint density at radius 2 is 1.89 bits per heavy atom. The van der Waals surface area contributed by atoms with Gasteiger partial charge in [0.25, 0.3) is 5.92 Å². The summed E-state index contributed by atoms with van der Waals surface area (Å²) in [7, 11) is 0. The van der Waals surface area contributed by atoms with Gasteiger partial charge in [-0.25, -0.2) is 8.78 Å². The second-order valence-electron chi connectivity index (χ2n) is 4.55. The van der Waals surface area contributed by atoms with Crippen molar-refractivity contribution in [3.63, 3.8) is 0 Å². The molecule has 0 amide bonds. The second kappa shape index (κ2) is 3.86. The van der Waals surface area contributed by atoms with Gasteiger partial charge in [-0.15, -0.1) is 15.3 Å². The Balaban J connectivity index is 1.88. The van der Waals surface area contributed by atoms with E-state index in [0.717, 1.165) is 0 Å². The fourth-order valence-corrected chi connectivity index (χ4v) is 2.12. The monoisotopic (exact) mass is 253 g/mol. The van der Waals surface area contributed by atoms with E-state index in [1.165, 1.54) is 0 Å². The van der Waals surface area contributed by atoms with Crippen molar-refractivity contribution in [2.24, 2.45) is 0 Å². The minimum atomic E-state index is -2.53. The second-order valence-corrected chi connectivity index (χ2v) is 4.55. The normalized spacial score (nSPS) is 19.4. The van der Waals surface area contributed by atoms with Crippen LogP contribution in [0.15, 0.2) is 12.1 Å². The molecule has 96 valence electrons. The standard InChI is InChI=1S/C11H13F2N5/c1-8-14-15-9-2-3-10(16-18(8)9)17-6-4-11(12,13)5-7-17/h2-3H,4-7H2,1H3. The molecule has 0 atom stereocenters. The van der Waals surface area contributed by atoms with Crippen LogP contribution >= 0.6 is 0 Å². The SMILES string of the molecule is Cc1nnc2ccc(N3CCC(F)(F)CC3)nn12. The number of anilines is 1. The van der Waals surface area contributed by atoms with E-state index in [2.05, 4.69) is 15.3 Å². The van der Waals surface area contributed by atoms with Gasteiger partial charge in [0.2, 0.25) is 0 Å². The van der Waals surface area contributed by atoms with Crippen LogP contribution in [0.4, 0.5) is 14.6 Å². The van der Waals surface area contributed by atoms with Crippen molar-refractivity contribution in [3.05, 3.63) is 18.0 Å². The molecule has 0 unspecified atom stereocenters. The summed E-state index contributed by atoms with van der Waals surface area (Å²) in [4.78, 5) is 1.87. The van der Waals surface area contributed by atoms with Crippen LogP contribution in [-0.4, -0.2) is 38.8 Å². The zero-order valence-electron chi connectivity index (χ0n) is 9.98. The van der Waals surface area contributed by atoms with E-state index >= 15 is 0 Å². The first-order chi connectivity index (χ1) is 8.55. The maximum Gasteiger partial charge on any atom is 0.251 e. The third-order valence-electron chi connectivity index (χ3n) is 3.22. The molecule has 2 aromatic heterocycles. The molecule has 3 heterocycles. The molecule has 18 heavy (non-hydrogen) atoms. The predicted octanol–water partition coefficient (Wildman–Crippen LogP) is 1.67. The number of hydrogen-bond donors (Lipinski definition) is 0. The molecule has 0 saturated carbocycles. The van der Waals surface area contributed by atoms with E-state index < -0.39 is 5.92 Å². The van der Waals surface area contributed by atoms with Gasteiger partial charge in [-0.2, -0.15) is 4.52 Å². The lowest BCUT2D eigenvalue weighted by atomic mass is 10.1. The molecule has 0 radical (unpaired) electrons. The summed E-state index contributed by atoms with van der Waals surface area (Å²) in [5, 5.41) is 12.2. The van der Waals surface area contributed by atoms with Gasteiger partial charge in [0.05, 0.1) is 0 Å². The fourth-order valence-electron chi connectivity index (χ4n) is 2.12. The van der Waals surface area contributed by atoms with E-state index in [1.807, 2.05) is 4.90 Å². The van der Waals surface area contributed by atoms with Gasteiger partial charge in [0, 0.05) is 25.9 Å². The molecule has 2 aromatic rings. The van der Waals surface area contributed by atoms with Gasteiger partial charge >= 0.3 is 0 Å². The molecule has 1 fully saturated rings. The van der Waals surface area contributed by atoms with Crippen LogP contribution in [0, 0.1) is 6.92 Å². The fraction of sp³-hybridized carbons (Fsp3) is 0.545. The molecule has 1 aliphatic rings. The number of rotatable bonds is 1. The van der Waals surface area contributed by atoms with E-state index in [-0.39, 0.29) is 12.8 Å². The van der Waals surface area contributed by atoms with E-state index in [9.17, 15) is 8.78 Å². The number of aromatic nitrogens is 4. The first-order valence-electron chi connectivity index (χ1n) is 5.87. The van der Waals surface area contributed by atoms with E-state index in [1.54, 1.807) is 23.6 Å². The van der Waals surface area contributed by atoms with Crippen LogP contribution < -0.4 is 4.90 Å². The average Bonchev–Trinajstić information content (AvgIpc) is 2.71. The topological polar surface area (TPSA) is 46.3 Å². The Morgan fingerprint density at radius 3 is 2.61 bits per heavy atom. The van der Waals surface area contributed by atoms with E-state index in [4.69, 9.17) is 0 Å². The molecule has 0 bridgehead atoms. The predicted molar refractivity (Wildman–Crippen MR) is 61.9 cm³/mol. The van der Waals surface area contributed by atoms with Crippen molar-refractivity contribution in [2.45, 2.75) is 25.7 Å². The third kappa shape index (κ3) is 1.89. The molecular formula is C11H13F2N5. The van der Waals surface area contributed by atoms with Crippen LogP contribution in [0.25, 0.3) is 5.65 Å². The van der Waals surface area contributed by atoms with Gasteiger partial charge < -0.3 is 4.90 Å². The van der Waals surface area contributed by atoms with Crippen LogP contribution in [0.3, 0.4) is 0 Å². The van der Waals surface area contributed by atoms with Crippen molar-refractivity contribution in [3.8, 4) is 0 Å². The smallest absolute Gasteiger partial charge is 0.251 e. The minimum absolute atomic E-state index is 0.117. The summed E-state index contributed by atoms with van der Waals surface area (Å²) in [5.74, 6) is -1.15. The van der Waals surface area contributed by atoms with Crippen LogP contribution in [0.5, 0.6) is 0 Å². The molecule has 3 rings (SSSR count). The molecular weight excluding hydrogens is 240 g/mol. The lowest BCUT2D eigenvalue weighted by Crippen LogP contribution is -2.39. The van der Waals surface area contributed by atoms with Crippen molar-refractivity contribution >= 4 is 11.5 Å². The Hall–Kier alpha value is -1.79. The number of nitrogens with zero attached hydrogens (tertiary/aromatic N) is 5. The highest BCUT2D eigenvalue weighted by Crippen LogP contribution is 2.29. The lowest BCUT2D eigenvalue weighted by molar-refractivity contribution is -0.0221. The first kappa shape index (κ1) is 11.3. The summed E-state index contributed by atoms with van der Waals surface area (Å²) in [6.07, 6.45) is -0.234. The molecule has 5 nitrogen and oxygen atoms in total. The third-order valence-corrected chi connectivity index (χ3v) is 3.22. The maximum absolute atomic E-state index is 13.1. The Labute approximate surface area is 102 Å². The van der Waals surface area contributed by atoms with Crippen LogP contribution in [0.1, 0.15) is 18.7 Å². The van der Waals surface area contributed by atoms with Gasteiger partial charge in [-0.05, 0) is 19.1 Å². The number of hydrogen-bond acceptors (Lipinski definition) is 4. The van der Waals surface area contributed by atoms with Gasteiger partial charge in [-0.3, -0.25) is 0 Å². The van der Waals surface area contributed by atoms with Crippen molar-refractivity contribution in [1.29, 1.82) is 0 Å². The molecule has 7 heteroatoms. The first-order valence-corrected chi connectivity index (χ1v) is 5.87. The Morgan fingerprint density at radius 1 is 1.17 bits per heavy atom. The quantitative estimate of drug-likeness (QED) is 0.775. The lowest BCUT2D eigenvalue weighted by Gasteiger charge is -2.32. The van der Waals surface area contributed by atoms with Crippen LogP contribution in [-0.2, 0) is 0 Å². The number of halogens is 2. The number of piperidine rings is 1. The minimum Gasteiger partial charge on any atom is -0.355 e. The van der Waals surface area contributed by atoms with Crippen molar-refractivity contribution < 1.29 is 8.78 Å². The van der Waals surface area contributed by atoms with Gasteiger partial charge in [0.1, 0.15) is 5.82 Å². The van der Waals surface area contributed by atoms with E-state index in [0.29, 0.717) is 30.4 Å². The van der Waals surface area contributed by atoms with Crippen LogP contribution in [0.2, 0.25) is 0 Å². The summed E-state index contributed by atoms with van der Waals surface area (Å²) < 4.78 is 27.8. The summed E-state index contributed by atoms with van der Waals surface area (Å²) in [5.41, 5.74) is 0.665. The van der Waals surface area contributed by atoms with Gasteiger partial charge in [-0.1, -0.05) is 0 Å². The largest absolute Gasteiger partial charge is 0.355 e. The number of fused-ring (bicyclic) bond motifs is 1. The zero-order chi connectivity index (χ0) is 12.8. The molecule has 0 aliphatic carbocycles. The van der Waals surface area contributed by atoms with Crippen molar-refractivity contribution in [1.82, 2.24) is 19.8 Å². The number of alkyl halides is 2. The summed E-state index contributed by atoms with van der Waals surface area (Å²) >= 11 is 0. The Bertz CT molecular complexity index is 570. The number of aryl methyl sites for hydroxylation is 1. The molecule has 0 N–H and O–H groups in total. The molecule has 1 saturated heterocycles. The van der Waals surface area contributed by atoms with Gasteiger partial charge in [0.15, 0.2) is 11.5 Å². The summed E-state index contributed by atoms with van der Waals surface area (Å²) in [6, 6.07) is 3.60. The molecule has 0 spiro atoms. The average molecular weight is 253 g/mol. The molecule has 0 aromatic carbocycles. The Kier molecular flexibility index (Phi) is 2.42. The highest BCUT2D eigenvalue weighted by molar-refractivity contribution is 5.46. The highest BCUT2D eigenvalue weighted by atomic mass is 19.3. The molecule has 1 aliphatic heterocycles. The summed E-state index contributed by atoms with van der Waals surface area (Å²) in [6.45, 7) is 2.46. The highest BCUT2D eigenvalue weighted by Gasteiger charge is 2.34. The van der Waals surface area contributed by atoms with Crippen molar-refractivity contribution in [2.75, 3.05) is 18.0 Å². The maximum atomic E-state index is 13.1.